The molecule has 1 fully saturated rings. The van der Waals surface area contributed by atoms with Crippen LogP contribution in [0.2, 0.25) is 0 Å². The van der Waals surface area contributed by atoms with Crippen molar-refractivity contribution in [3.63, 3.8) is 0 Å². The molecular weight excluding hydrogens is 455 g/mol. The van der Waals surface area contributed by atoms with Crippen molar-refractivity contribution < 1.29 is 18.7 Å². The summed E-state index contributed by atoms with van der Waals surface area (Å²) in [6.07, 6.45) is 2.23. The molecule has 2 bridgehead atoms. The van der Waals surface area contributed by atoms with Gasteiger partial charge in [-0.25, -0.2) is 9.18 Å². The number of hydrogen-bond donors (Lipinski definition) is 0. The van der Waals surface area contributed by atoms with E-state index in [4.69, 9.17) is 14.7 Å². The fourth-order valence-electron chi connectivity index (χ4n) is 5.77. The average Bonchev–Trinajstić information content (AvgIpc) is 3.21. The summed E-state index contributed by atoms with van der Waals surface area (Å²) in [5.41, 5.74) is 6.82. The third-order valence-corrected chi connectivity index (χ3v) is 7.41. The van der Waals surface area contributed by atoms with E-state index in [1.165, 1.54) is 28.3 Å². The van der Waals surface area contributed by atoms with E-state index in [0.29, 0.717) is 25.2 Å². The maximum absolute atomic E-state index is 14.7. The lowest BCUT2D eigenvalue weighted by Gasteiger charge is -2.44. The Labute approximate surface area is 209 Å². The molecule has 0 aromatic heterocycles. The Hall–Kier alpha value is -3.95. The standard InChI is InChI=1S/C30H25FN2O3/c31-29-10-9-19(11-12-32)13-27(29)20-14-21-16-35-17-22(15-20)33(21)30(34)36-18-28-25-7-3-1-5-23(25)24-6-2-4-8-26(24)28/h1-10,13-14,21-22,28H,11,15-18H2. The van der Waals surface area contributed by atoms with Crippen molar-refractivity contribution in [1.82, 2.24) is 4.90 Å². The fraction of sp³-hybridized carbons (Fsp3) is 0.267. The number of fused-ring (bicyclic) bond motifs is 5. The van der Waals surface area contributed by atoms with E-state index in [9.17, 15) is 9.18 Å². The van der Waals surface area contributed by atoms with Gasteiger partial charge in [-0.15, -0.1) is 0 Å². The number of ether oxygens (including phenoxy) is 2. The zero-order valence-corrected chi connectivity index (χ0v) is 19.7. The second-order valence-electron chi connectivity index (χ2n) is 9.52. The van der Waals surface area contributed by atoms with Gasteiger partial charge in [-0.2, -0.15) is 5.26 Å². The maximum Gasteiger partial charge on any atom is 0.410 e. The summed E-state index contributed by atoms with van der Waals surface area (Å²) in [5.74, 6) is -0.332. The molecule has 3 aromatic rings. The van der Waals surface area contributed by atoms with Gasteiger partial charge in [0.05, 0.1) is 37.8 Å². The molecule has 2 atom stereocenters. The maximum atomic E-state index is 14.7. The van der Waals surface area contributed by atoms with Crippen LogP contribution in [0.4, 0.5) is 9.18 Å². The number of morpholine rings is 1. The minimum atomic E-state index is -0.371. The highest BCUT2D eigenvalue weighted by Gasteiger charge is 2.40. The summed E-state index contributed by atoms with van der Waals surface area (Å²) in [6.45, 7) is 0.965. The summed E-state index contributed by atoms with van der Waals surface area (Å²) in [6, 6.07) is 22.8. The lowest BCUT2D eigenvalue weighted by molar-refractivity contribution is -0.0331. The summed E-state index contributed by atoms with van der Waals surface area (Å²) in [7, 11) is 0. The van der Waals surface area contributed by atoms with Gasteiger partial charge in [-0.1, -0.05) is 60.7 Å². The van der Waals surface area contributed by atoms with Crippen LogP contribution in [0.5, 0.6) is 0 Å². The Bertz CT molecular complexity index is 1360. The van der Waals surface area contributed by atoms with Gasteiger partial charge in [0.25, 0.3) is 0 Å². The Morgan fingerprint density at radius 2 is 1.75 bits per heavy atom. The first-order chi connectivity index (χ1) is 17.6. The smallest absolute Gasteiger partial charge is 0.410 e. The highest BCUT2D eigenvalue weighted by atomic mass is 19.1. The van der Waals surface area contributed by atoms with E-state index in [2.05, 4.69) is 30.3 Å². The predicted molar refractivity (Wildman–Crippen MR) is 134 cm³/mol. The van der Waals surface area contributed by atoms with Crippen molar-refractivity contribution in [3.8, 4) is 17.2 Å². The summed E-state index contributed by atoms with van der Waals surface area (Å²) >= 11 is 0. The molecule has 0 saturated carbocycles. The van der Waals surface area contributed by atoms with E-state index in [0.717, 1.165) is 11.1 Å². The van der Waals surface area contributed by atoms with Crippen LogP contribution in [0.3, 0.4) is 0 Å². The summed E-state index contributed by atoms with van der Waals surface area (Å²) in [5, 5.41) is 9.02. The third kappa shape index (κ3) is 3.86. The Morgan fingerprint density at radius 1 is 1.03 bits per heavy atom. The topological polar surface area (TPSA) is 62.6 Å². The van der Waals surface area contributed by atoms with Gasteiger partial charge >= 0.3 is 6.09 Å². The predicted octanol–water partition coefficient (Wildman–Crippen LogP) is 5.70. The van der Waals surface area contributed by atoms with E-state index < -0.39 is 0 Å². The van der Waals surface area contributed by atoms with Crippen molar-refractivity contribution in [2.24, 2.45) is 0 Å². The van der Waals surface area contributed by atoms with Gasteiger partial charge in [-0.05, 0) is 51.9 Å². The van der Waals surface area contributed by atoms with Gasteiger partial charge < -0.3 is 9.47 Å². The number of nitrogens with zero attached hydrogens (tertiary/aromatic N) is 2. The zero-order valence-electron chi connectivity index (χ0n) is 19.7. The Kier molecular flexibility index (Phi) is 5.79. The van der Waals surface area contributed by atoms with E-state index in [1.54, 1.807) is 17.0 Å². The second-order valence-corrected chi connectivity index (χ2v) is 9.52. The quantitative estimate of drug-likeness (QED) is 0.481. The van der Waals surface area contributed by atoms with Crippen LogP contribution >= 0.6 is 0 Å². The number of rotatable bonds is 4. The molecule has 3 aromatic carbocycles. The Balaban J connectivity index is 1.22. The molecule has 0 N–H and O–H groups in total. The van der Waals surface area contributed by atoms with E-state index >= 15 is 0 Å². The van der Waals surface area contributed by atoms with Crippen LogP contribution < -0.4 is 0 Å². The zero-order chi connectivity index (χ0) is 24.6. The van der Waals surface area contributed by atoms with Gasteiger partial charge in [-0.3, -0.25) is 4.90 Å². The number of amides is 1. The van der Waals surface area contributed by atoms with Gasteiger partial charge in [0.1, 0.15) is 12.4 Å². The molecule has 2 unspecified atom stereocenters. The van der Waals surface area contributed by atoms with Crippen LogP contribution in [0.15, 0.2) is 72.8 Å². The van der Waals surface area contributed by atoms with E-state index in [1.807, 2.05) is 30.3 Å². The molecule has 2 aliphatic heterocycles. The lowest BCUT2D eigenvalue weighted by atomic mass is 9.89. The molecule has 3 aliphatic rings. The number of carbonyl (C=O) groups excluding carboxylic acids is 1. The van der Waals surface area contributed by atoms with Gasteiger partial charge in [0, 0.05) is 11.5 Å². The molecule has 2 heterocycles. The van der Waals surface area contributed by atoms with Crippen LogP contribution in [0.25, 0.3) is 16.7 Å². The first-order valence-electron chi connectivity index (χ1n) is 12.2. The minimum Gasteiger partial charge on any atom is -0.448 e. The van der Waals surface area contributed by atoms with Gasteiger partial charge in [0.2, 0.25) is 0 Å². The minimum absolute atomic E-state index is 0.00898. The normalized spacial score (nSPS) is 20.2. The first kappa shape index (κ1) is 22.5. The van der Waals surface area contributed by atoms with Crippen molar-refractivity contribution in [1.29, 1.82) is 5.26 Å². The number of nitriles is 1. The number of halogens is 1. The van der Waals surface area contributed by atoms with Crippen molar-refractivity contribution in [3.05, 3.63) is 101 Å². The molecule has 6 rings (SSSR count). The number of hydrogen-bond acceptors (Lipinski definition) is 4. The molecule has 1 amide bonds. The molecule has 0 radical (unpaired) electrons. The molecular formula is C30H25FN2O3. The summed E-state index contributed by atoms with van der Waals surface area (Å²) in [4.78, 5) is 15.1. The van der Waals surface area contributed by atoms with Crippen molar-refractivity contribution >= 4 is 11.7 Å². The molecule has 0 spiro atoms. The third-order valence-electron chi connectivity index (χ3n) is 7.41. The van der Waals surface area contributed by atoms with Gasteiger partial charge in [0.15, 0.2) is 0 Å². The number of carbonyl (C=O) groups is 1. The first-order valence-corrected chi connectivity index (χ1v) is 12.2. The highest BCUT2D eigenvalue weighted by molar-refractivity contribution is 5.79. The van der Waals surface area contributed by atoms with Crippen LogP contribution in [-0.2, 0) is 15.9 Å². The number of benzene rings is 3. The van der Waals surface area contributed by atoms with E-state index in [-0.39, 0.29) is 42.9 Å². The fourth-order valence-corrected chi connectivity index (χ4v) is 5.77. The lowest BCUT2D eigenvalue weighted by Crippen LogP contribution is -2.56. The average molecular weight is 481 g/mol. The molecule has 180 valence electrons. The van der Waals surface area contributed by atoms with Crippen LogP contribution in [0.1, 0.15) is 34.6 Å². The molecule has 1 saturated heterocycles. The SMILES string of the molecule is N#CCc1ccc(F)c(C2=CC3COCC(C2)N3C(=O)OCC2c3ccccc3-c3ccccc32)c1. The Morgan fingerprint density at radius 3 is 2.44 bits per heavy atom. The summed E-state index contributed by atoms with van der Waals surface area (Å²) < 4.78 is 26.4. The highest BCUT2D eigenvalue weighted by Crippen LogP contribution is 2.44. The van der Waals surface area contributed by atoms with Crippen LogP contribution in [-0.4, -0.2) is 42.9 Å². The monoisotopic (exact) mass is 480 g/mol. The van der Waals surface area contributed by atoms with Crippen molar-refractivity contribution in [2.45, 2.75) is 30.8 Å². The molecule has 5 nitrogen and oxygen atoms in total. The van der Waals surface area contributed by atoms with Crippen LogP contribution in [0, 0.1) is 17.1 Å². The molecule has 1 aliphatic carbocycles. The second kappa shape index (κ2) is 9.25. The largest absolute Gasteiger partial charge is 0.448 e. The molecule has 36 heavy (non-hydrogen) atoms. The van der Waals surface area contributed by atoms with Crippen molar-refractivity contribution in [2.75, 3.05) is 19.8 Å². The molecule has 6 heteroatoms.